The molecule has 0 aromatic carbocycles. The van der Waals surface area contributed by atoms with Gasteiger partial charge in [-0.25, -0.2) is 4.39 Å². The molecule has 0 heterocycles. The van der Waals surface area contributed by atoms with Crippen LogP contribution in [-0.4, -0.2) is 12.5 Å². The third kappa shape index (κ3) is 13.3. The highest BCUT2D eigenvalue weighted by molar-refractivity contribution is 5.90. The van der Waals surface area contributed by atoms with Crippen molar-refractivity contribution in [1.29, 1.82) is 0 Å². The number of ketones is 1. The Bertz CT molecular complexity index is 199. The molecule has 0 aliphatic heterocycles. The molecule has 0 aliphatic rings. The summed E-state index contributed by atoms with van der Waals surface area (Å²) in [6.45, 7) is 1.37. The van der Waals surface area contributed by atoms with Crippen molar-refractivity contribution in [2.75, 3.05) is 6.67 Å². The SMILES string of the molecule is CCCCCCCCCCC/C=C/C(=O)CF. The van der Waals surface area contributed by atoms with Gasteiger partial charge < -0.3 is 0 Å². The molecule has 0 aromatic rings. The number of halogens is 1. The topological polar surface area (TPSA) is 17.1 Å². The lowest BCUT2D eigenvalue weighted by molar-refractivity contribution is -0.115. The Labute approximate surface area is 105 Å². The fraction of sp³-hybridized carbons (Fsp3) is 0.800. The van der Waals surface area contributed by atoms with E-state index in [-0.39, 0.29) is 0 Å². The first-order valence-corrected chi connectivity index (χ1v) is 7.06. The Hall–Kier alpha value is -0.660. The Morgan fingerprint density at radius 1 is 0.941 bits per heavy atom. The molecule has 0 saturated heterocycles. The second-order valence-corrected chi connectivity index (χ2v) is 4.62. The van der Waals surface area contributed by atoms with Crippen molar-refractivity contribution in [3.8, 4) is 0 Å². The lowest BCUT2D eigenvalue weighted by Gasteiger charge is -2.00. The van der Waals surface area contributed by atoms with E-state index in [1.54, 1.807) is 6.08 Å². The van der Waals surface area contributed by atoms with Crippen LogP contribution in [-0.2, 0) is 4.79 Å². The van der Waals surface area contributed by atoms with Crippen LogP contribution in [0.3, 0.4) is 0 Å². The number of hydrogen-bond acceptors (Lipinski definition) is 1. The summed E-state index contributed by atoms with van der Waals surface area (Å²) in [5.74, 6) is -0.416. The maximum atomic E-state index is 11.8. The highest BCUT2D eigenvalue weighted by Crippen LogP contribution is 2.10. The van der Waals surface area contributed by atoms with Crippen molar-refractivity contribution in [3.63, 3.8) is 0 Å². The van der Waals surface area contributed by atoms with E-state index in [9.17, 15) is 9.18 Å². The quantitative estimate of drug-likeness (QED) is 0.347. The van der Waals surface area contributed by atoms with Gasteiger partial charge in [-0.3, -0.25) is 4.79 Å². The van der Waals surface area contributed by atoms with Crippen LogP contribution in [0.25, 0.3) is 0 Å². The molecule has 0 radical (unpaired) electrons. The predicted octanol–water partition coefficient (Wildman–Crippen LogP) is 5.00. The highest BCUT2D eigenvalue weighted by atomic mass is 19.1. The molecule has 0 aromatic heterocycles. The van der Waals surface area contributed by atoms with Crippen LogP contribution in [0.1, 0.15) is 71.1 Å². The Kier molecular flexibility index (Phi) is 12.9. The third-order valence-corrected chi connectivity index (χ3v) is 2.91. The van der Waals surface area contributed by atoms with E-state index in [4.69, 9.17) is 0 Å². The average Bonchev–Trinajstić information content (AvgIpc) is 2.35. The number of rotatable bonds is 12. The maximum Gasteiger partial charge on any atom is 0.186 e. The summed E-state index contributed by atoms with van der Waals surface area (Å²) in [5, 5.41) is 0. The van der Waals surface area contributed by atoms with Crippen LogP contribution in [0, 0.1) is 0 Å². The van der Waals surface area contributed by atoms with Crippen LogP contribution >= 0.6 is 0 Å². The van der Waals surface area contributed by atoms with E-state index >= 15 is 0 Å². The van der Waals surface area contributed by atoms with E-state index in [0.717, 1.165) is 12.8 Å². The van der Waals surface area contributed by atoms with Crippen molar-refractivity contribution in [2.45, 2.75) is 71.1 Å². The van der Waals surface area contributed by atoms with Crippen molar-refractivity contribution in [1.82, 2.24) is 0 Å². The lowest BCUT2D eigenvalue weighted by Crippen LogP contribution is -1.92. The van der Waals surface area contributed by atoms with Crippen LogP contribution in [0.4, 0.5) is 4.39 Å². The molecule has 0 fully saturated rings. The highest BCUT2D eigenvalue weighted by Gasteiger charge is 1.93. The summed E-state index contributed by atoms with van der Waals surface area (Å²) in [4.78, 5) is 10.6. The van der Waals surface area contributed by atoms with Gasteiger partial charge in [0.2, 0.25) is 0 Å². The van der Waals surface area contributed by atoms with Crippen LogP contribution in [0.5, 0.6) is 0 Å². The Morgan fingerprint density at radius 3 is 2.00 bits per heavy atom. The second-order valence-electron chi connectivity index (χ2n) is 4.62. The van der Waals surface area contributed by atoms with Crippen molar-refractivity contribution in [2.24, 2.45) is 0 Å². The smallest absolute Gasteiger partial charge is 0.186 e. The molecular weight excluding hydrogens is 215 g/mol. The number of unbranched alkanes of at least 4 members (excludes halogenated alkanes) is 9. The van der Waals surface area contributed by atoms with Gasteiger partial charge in [0.05, 0.1) is 0 Å². The van der Waals surface area contributed by atoms with E-state index in [1.165, 1.54) is 57.4 Å². The summed E-state index contributed by atoms with van der Waals surface area (Å²) in [6.07, 6.45) is 15.8. The van der Waals surface area contributed by atoms with E-state index in [0.29, 0.717) is 0 Å². The minimum Gasteiger partial charge on any atom is -0.292 e. The molecule has 17 heavy (non-hydrogen) atoms. The molecule has 1 nitrogen and oxygen atoms in total. The molecule has 2 heteroatoms. The van der Waals surface area contributed by atoms with E-state index in [1.807, 2.05) is 0 Å². The standard InChI is InChI=1S/C15H27FO/c1-2-3-4-5-6-7-8-9-10-11-12-13-15(17)14-16/h12-13H,2-11,14H2,1H3/b13-12+. The summed E-state index contributed by atoms with van der Waals surface area (Å²) >= 11 is 0. The summed E-state index contributed by atoms with van der Waals surface area (Å²) < 4.78 is 11.8. The normalized spacial score (nSPS) is 11.2. The molecular formula is C15H27FO. The molecule has 0 atom stereocenters. The number of carbonyl (C=O) groups is 1. The fourth-order valence-electron chi connectivity index (χ4n) is 1.83. The number of carbonyl (C=O) groups excluding carboxylic acids is 1. The van der Waals surface area contributed by atoms with Crippen LogP contribution < -0.4 is 0 Å². The van der Waals surface area contributed by atoms with Gasteiger partial charge in [0.1, 0.15) is 0 Å². The summed E-state index contributed by atoms with van der Waals surface area (Å²) in [7, 11) is 0. The Balaban J connectivity index is 3.08. The van der Waals surface area contributed by atoms with E-state index < -0.39 is 12.5 Å². The third-order valence-electron chi connectivity index (χ3n) is 2.91. The van der Waals surface area contributed by atoms with Gasteiger partial charge in [-0.1, -0.05) is 64.4 Å². The summed E-state index contributed by atoms with van der Waals surface area (Å²) in [6, 6.07) is 0. The molecule has 0 unspecified atom stereocenters. The Morgan fingerprint density at radius 2 is 1.47 bits per heavy atom. The molecule has 0 bridgehead atoms. The predicted molar refractivity (Wildman–Crippen MR) is 72.0 cm³/mol. The minimum atomic E-state index is -0.867. The van der Waals surface area contributed by atoms with Crippen molar-refractivity contribution >= 4 is 5.78 Å². The number of hydrogen-bond donors (Lipinski definition) is 0. The first-order chi connectivity index (χ1) is 8.31. The van der Waals surface area contributed by atoms with Crippen LogP contribution in [0.15, 0.2) is 12.2 Å². The fourth-order valence-corrected chi connectivity index (χ4v) is 1.83. The molecule has 0 amide bonds. The van der Waals surface area contributed by atoms with E-state index in [2.05, 4.69) is 6.92 Å². The lowest BCUT2D eigenvalue weighted by atomic mass is 10.1. The molecule has 0 rings (SSSR count). The van der Waals surface area contributed by atoms with Crippen molar-refractivity contribution in [3.05, 3.63) is 12.2 Å². The molecule has 0 aliphatic carbocycles. The van der Waals surface area contributed by atoms with Crippen molar-refractivity contribution < 1.29 is 9.18 Å². The zero-order valence-electron chi connectivity index (χ0n) is 11.2. The largest absolute Gasteiger partial charge is 0.292 e. The molecule has 100 valence electrons. The van der Waals surface area contributed by atoms with Crippen LogP contribution in [0.2, 0.25) is 0 Å². The first-order valence-electron chi connectivity index (χ1n) is 7.06. The summed E-state index contributed by atoms with van der Waals surface area (Å²) in [5.41, 5.74) is 0. The van der Waals surface area contributed by atoms with Gasteiger partial charge in [-0.15, -0.1) is 0 Å². The maximum absolute atomic E-state index is 11.8. The molecule has 0 saturated carbocycles. The minimum absolute atomic E-state index is 0.416. The van der Waals surface area contributed by atoms with Gasteiger partial charge in [0, 0.05) is 0 Å². The molecule has 0 spiro atoms. The first kappa shape index (κ1) is 16.3. The van der Waals surface area contributed by atoms with Gasteiger partial charge >= 0.3 is 0 Å². The zero-order valence-corrected chi connectivity index (χ0v) is 11.2. The monoisotopic (exact) mass is 242 g/mol. The number of allylic oxidation sites excluding steroid dienone is 2. The average molecular weight is 242 g/mol. The van der Waals surface area contributed by atoms with Gasteiger partial charge in [-0.05, 0) is 18.9 Å². The second kappa shape index (κ2) is 13.4. The molecule has 0 N–H and O–H groups in total. The number of alkyl halides is 1. The van der Waals surface area contributed by atoms with Gasteiger partial charge in [0.15, 0.2) is 12.5 Å². The zero-order chi connectivity index (χ0) is 12.8. The van der Waals surface area contributed by atoms with Gasteiger partial charge in [-0.2, -0.15) is 0 Å². The van der Waals surface area contributed by atoms with Gasteiger partial charge in [0.25, 0.3) is 0 Å².